The summed E-state index contributed by atoms with van der Waals surface area (Å²) in [6, 6.07) is 10.6. The molecule has 1 heterocycles. The Labute approximate surface area is 133 Å². The molecule has 0 radical (unpaired) electrons. The summed E-state index contributed by atoms with van der Waals surface area (Å²) in [6.07, 6.45) is 3.62. The molecule has 2 aromatic rings. The summed E-state index contributed by atoms with van der Waals surface area (Å²) in [5.74, 6) is 0.814. The lowest BCUT2D eigenvalue weighted by Gasteiger charge is -2.17. The quantitative estimate of drug-likeness (QED) is 0.756. The van der Waals surface area contributed by atoms with Gasteiger partial charge >= 0.3 is 0 Å². The van der Waals surface area contributed by atoms with Gasteiger partial charge in [0.2, 0.25) is 0 Å². The lowest BCUT2D eigenvalue weighted by molar-refractivity contribution is 0.491. The minimum atomic E-state index is 0.515. The highest BCUT2D eigenvalue weighted by Gasteiger charge is 2.32. The Morgan fingerprint density at radius 1 is 1.25 bits per heavy atom. The summed E-state index contributed by atoms with van der Waals surface area (Å²) < 4.78 is 0. The molecule has 1 N–H and O–H groups in total. The van der Waals surface area contributed by atoms with Gasteiger partial charge in [0.25, 0.3) is 0 Å². The summed E-state index contributed by atoms with van der Waals surface area (Å²) in [5.41, 5.74) is 1.16. The predicted molar refractivity (Wildman–Crippen MR) is 88.0 cm³/mol. The average molecular weight is 326 g/mol. The molecule has 20 heavy (non-hydrogen) atoms. The number of halogens is 2. The highest BCUT2D eigenvalue weighted by atomic mass is 35.5. The fourth-order valence-electron chi connectivity index (χ4n) is 2.48. The van der Waals surface area contributed by atoms with E-state index in [4.69, 9.17) is 23.2 Å². The van der Waals surface area contributed by atoms with Gasteiger partial charge < -0.3 is 5.32 Å². The molecule has 0 saturated heterocycles. The number of thiophene rings is 1. The van der Waals surface area contributed by atoms with E-state index in [-0.39, 0.29) is 0 Å². The highest BCUT2D eigenvalue weighted by Crippen LogP contribution is 2.42. The second kappa shape index (κ2) is 6.48. The molecule has 106 valence electrons. The third-order valence-electron chi connectivity index (χ3n) is 3.72. The van der Waals surface area contributed by atoms with Gasteiger partial charge in [0.15, 0.2) is 0 Å². The van der Waals surface area contributed by atoms with Crippen molar-refractivity contribution >= 4 is 34.5 Å². The van der Waals surface area contributed by atoms with Crippen LogP contribution in [0.5, 0.6) is 0 Å². The van der Waals surface area contributed by atoms with Crippen molar-refractivity contribution in [2.24, 2.45) is 5.92 Å². The van der Waals surface area contributed by atoms with Gasteiger partial charge in [-0.2, -0.15) is 0 Å². The van der Waals surface area contributed by atoms with E-state index in [1.807, 2.05) is 29.5 Å². The molecule has 3 rings (SSSR count). The third-order valence-corrected chi connectivity index (χ3v) is 5.26. The summed E-state index contributed by atoms with van der Waals surface area (Å²) in [6.45, 7) is 0.945. The van der Waals surface area contributed by atoms with Gasteiger partial charge in [0, 0.05) is 21.0 Å². The zero-order valence-electron chi connectivity index (χ0n) is 11.1. The van der Waals surface area contributed by atoms with Crippen molar-refractivity contribution in [1.82, 2.24) is 5.32 Å². The van der Waals surface area contributed by atoms with E-state index in [0.717, 1.165) is 29.5 Å². The first-order valence-corrected chi connectivity index (χ1v) is 8.58. The normalized spacial score (nSPS) is 16.3. The first kappa shape index (κ1) is 14.4. The third kappa shape index (κ3) is 3.56. The number of hydrogen-bond donors (Lipinski definition) is 1. The summed E-state index contributed by atoms with van der Waals surface area (Å²) in [4.78, 5) is 1.45. The molecule has 1 aromatic carbocycles. The van der Waals surface area contributed by atoms with Crippen LogP contribution in [0.1, 0.15) is 29.3 Å². The maximum Gasteiger partial charge on any atom is 0.0453 e. The first-order valence-electron chi connectivity index (χ1n) is 6.95. The van der Waals surface area contributed by atoms with E-state index in [0.29, 0.717) is 11.1 Å². The minimum Gasteiger partial charge on any atom is -0.309 e. The molecule has 1 aliphatic carbocycles. The van der Waals surface area contributed by atoms with Crippen LogP contribution in [-0.2, 0) is 6.42 Å². The highest BCUT2D eigenvalue weighted by molar-refractivity contribution is 7.10. The molecule has 0 amide bonds. The second-order valence-electron chi connectivity index (χ2n) is 5.27. The molecular formula is C16H17Cl2NS. The van der Waals surface area contributed by atoms with Gasteiger partial charge in [0.05, 0.1) is 0 Å². The van der Waals surface area contributed by atoms with Crippen molar-refractivity contribution in [3.8, 4) is 0 Å². The molecule has 0 aliphatic heterocycles. The Kier molecular flexibility index (Phi) is 4.67. The molecule has 4 heteroatoms. The first-order chi connectivity index (χ1) is 9.74. The molecule has 1 nitrogen and oxygen atoms in total. The minimum absolute atomic E-state index is 0.515. The maximum atomic E-state index is 6.21. The topological polar surface area (TPSA) is 12.0 Å². The molecule has 1 saturated carbocycles. The van der Waals surface area contributed by atoms with Crippen LogP contribution in [0, 0.1) is 5.92 Å². The van der Waals surface area contributed by atoms with Crippen molar-refractivity contribution < 1.29 is 0 Å². The second-order valence-corrected chi connectivity index (χ2v) is 7.09. The van der Waals surface area contributed by atoms with Gasteiger partial charge in [-0.15, -0.1) is 11.3 Å². The maximum absolute atomic E-state index is 6.21. The van der Waals surface area contributed by atoms with Crippen LogP contribution >= 0.6 is 34.5 Å². The van der Waals surface area contributed by atoms with Crippen LogP contribution in [0.25, 0.3) is 0 Å². The molecule has 0 bridgehead atoms. The van der Waals surface area contributed by atoms with E-state index in [1.54, 1.807) is 0 Å². The number of benzene rings is 1. The van der Waals surface area contributed by atoms with E-state index in [1.165, 1.54) is 17.7 Å². The Morgan fingerprint density at radius 2 is 2.10 bits per heavy atom. The van der Waals surface area contributed by atoms with Crippen LogP contribution in [-0.4, -0.2) is 6.54 Å². The number of hydrogen-bond acceptors (Lipinski definition) is 2. The Balaban J connectivity index is 1.58. The fraction of sp³-hybridized carbons (Fsp3) is 0.375. The molecule has 1 fully saturated rings. The van der Waals surface area contributed by atoms with E-state index < -0.39 is 0 Å². The zero-order chi connectivity index (χ0) is 13.9. The van der Waals surface area contributed by atoms with Gasteiger partial charge in [0.1, 0.15) is 0 Å². The monoisotopic (exact) mass is 325 g/mol. The van der Waals surface area contributed by atoms with Crippen molar-refractivity contribution in [3.63, 3.8) is 0 Å². The van der Waals surface area contributed by atoms with Crippen molar-refractivity contribution in [2.75, 3.05) is 6.54 Å². The van der Waals surface area contributed by atoms with E-state index in [9.17, 15) is 0 Å². The van der Waals surface area contributed by atoms with Crippen molar-refractivity contribution in [1.29, 1.82) is 0 Å². The van der Waals surface area contributed by atoms with E-state index >= 15 is 0 Å². The molecule has 1 aromatic heterocycles. The van der Waals surface area contributed by atoms with Crippen LogP contribution in [0.15, 0.2) is 35.7 Å². The van der Waals surface area contributed by atoms with Gasteiger partial charge in [-0.05, 0) is 60.9 Å². The van der Waals surface area contributed by atoms with Crippen LogP contribution in [0.2, 0.25) is 10.0 Å². The number of nitrogens with one attached hydrogen (secondary N) is 1. The van der Waals surface area contributed by atoms with Crippen molar-refractivity contribution in [3.05, 3.63) is 56.2 Å². The Hall–Kier alpha value is -0.540. The smallest absolute Gasteiger partial charge is 0.0453 e. The van der Waals surface area contributed by atoms with Gasteiger partial charge in [-0.3, -0.25) is 0 Å². The predicted octanol–water partition coefficient (Wildman–Crippen LogP) is 5.34. The largest absolute Gasteiger partial charge is 0.309 e. The molecule has 1 atom stereocenters. The standard InChI is InChI=1S/C16H17Cl2NS/c17-13-6-5-11(14(18)10-13)7-8-19-16(12-3-4-12)15-2-1-9-20-15/h1-2,5-6,9-10,12,16,19H,3-4,7-8H2. The molecular weight excluding hydrogens is 309 g/mol. The van der Waals surface area contributed by atoms with Crippen LogP contribution in [0.3, 0.4) is 0 Å². The van der Waals surface area contributed by atoms with Crippen LogP contribution in [0.4, 0.5) is 0 Å². The summed E-state index contributed by atoms with van der Waals surface area (Å²) >= 11 is 14.0. The molecule has 1 aliphatic rings. The molecule has 1 unspecified atom stereocenters. The lowest BCUT2D eigenvalue weighted by atomic mass is 10.1. The van der Waals surface area contributed by atoms with E-state index in [2.05, 4.69) is 22.8 Å². The fourth-order valence-corrected chi connectivity index (χ4v) is 3.88. The molecule has 0 spiro atoms. The number of rotatable bonds is 6. The zero-order valence-corrected chi connectivity index (χ0v) is 13.4. The summed E-state index contributed by atoms with van der Waals surface area (Å²) in [7, 11) is 0. The lowest BCUT2D eigenvalue weighted by Crippen LogP contribution is -2.24. The average Bonchev–Trinajstić information content (AvgIpc) is 3.11. The Bertz CT molecular complexity index is 564. The van der Waals surface area contributed by atoms with Gasteiger partial charge in [-0.25, -0.2) is 0 Å². The SMILES string of the molecule is Clc1ccc(CCNC(c2cccs2)C2CC2)c(Cl)c1. The van der Waals surface area contributed by atoms with Gasteiger partial charge in [-0.1, -0.05) is 35.3 Å². The Morgan fingerprint density at radius 3 is 2.75 bits per heavy atom. The van der Waals surface area contributed by atoms with Crippen LogP contribution < -0.4 is 5.32 Å². The summed E-state index contributed by atoms with van der Waals surface area (Å²) in [5, 5.41) is 7.31. The van der Waals surface area contributed by atoms with Crippen molar-refractivity contribution in [2.45, 2.75) is 25.3 Å².